The summed E-state index contributed by atoms with van der Waals surface area (Å²) in [7, 11) is 0. The SMILES string of the molecule is CCCCCCCCCCC1CNC(N)NN1[O-]. The standard InChI is InChI=1S/C13H29N4O/c1-2-3-4-5-6-7-8-9-10-12-11-15-13(14)16-17(12)18/h12-13,15-16H,2-11,14H2,1H3/q-1. The summed E-state index contributed by atoms with van der Waals surface area (Å²) in [6, 6.07) is 0.0323. The summed E-state index contributed by atoms with van der Waals surface area (Å²) in [5.41, 5.74) is 8.21. The largest absolute Gasteiger partial charge is 0.771 e. The van der Waals surface area contributed by atoms with Crippen molar-refractivity contribution in [3.63, 3.8) is 0 Å². The van der Waals surface area contributed by atoms with Gasteiger partial charge in [0.15, 0.2) is 0 Å². The topological polar surface area (TPSA) is 76.4 Å². The number of nitrogens with one attached hydrogen (secondary N) is 2. The molecular weight excluding hydrogens is 228 g/mol. The van der Waals surface area contributed by atoms with Gasteiger partial charge in [-0.3, -0.25) is 5.32 Å². The van der Waals surface area contributed by atoms with Crippen LogP contribution in [0, 0.1) is 5.21 Å². The van der Waals surface area contributed by atoms with E-state index in [9.17, 15) is 5.21 Å². The van der Waals surface area contributed by atoms with Gasteiger partial charge in [0, 0.05) is 12.6 Å². The minimum absolute atomic E-state index is 0.0323. The molecule has 0 spiro atoms. The molecule has 4 N–H and O–H groups in total. The lowest BCUT2D eigenvalue weighted by Gasteiger charge is -2.44. The number of hydrazine groups is 1. The molecule has 0 aromatic heterocycles. The third-order valence-electron chi connectivity index (χ3n) is 3.56. The van der Waals surface area contributed by atoms with Crippen molar-refractivity contribution < 1.29 is 0 Å². The van der Waals surface area contributed by atoms with E-state index < -0.39 is 6.29 Å². The Morgan fingerprint density at radius 2 is 1.72 bits per heavy atom. The third kappa shape index (κ3) is 6.66. The van der Waals surface area contributed by atoms with Gasteiger partial charge in [-0.25, -0.2) is 5.43 Å². The van der Waals surface area contributed by atoms with Gasteiger partial charge in [0.2, 0.25) is 0 Å². The van der Waals surface area contributed by atoms with E-state index in [1.165, 1.54) is 44.9 Å². The zero-order chi connectivity index (χ0) is 13.2. The fourth-order valence-electron chi connectivity index (χ4n) is 2.37. The zero-order valence-electron chi connectivity index (χ0n) is 11.7. The van der Waals surface area contributed by atoms with Gasteiger partial charge in [0.05, 0.1) is 0 Å². The van der Waals surface area contributed by atoms with Crippen molar-refractivity contribution in [2.24, 2.45) is 5.73 Å². The monoisotopic (exact) mass is 257 g/mol. The Balaban J connectivity index is 1.91. The Hall–Kier alpha value is -0.200. The van der Waals surface area contributed by atoms with Crippen LogP contribution in [0.5, 0.6) is 0 Å². The molecule has 108 valence electrons. The first-order valence-corrected chi connectivity index (χ1v) is 7.45. The molecule has 5 nitrogen and oxygen atoms in total. The highest BCUT2D eigenvalue weighted by Gasteiger charge is 2.18. The average Bonchev–Trinajstić information content (AvgIpc) is 2.35. The molecule has 1 fully saturated rings. The molecule has 0 bridgehead atoms. The van der Waals surface area contributed by atoms with Crippen LogP contribution in [0.1, 0.15) is 64.7 Å². The van der Waals surface area contributed by atoms with Crippen molar-refractivity contribution in [1.29, 1.82) is 0 Å². The van der Waals surface area contributed by atoms with Crippen molar-refractivity contribution >= 4 is 0 Å². The number of hydrogen-bond acceptors (Lipinski definition) is 5. The van der Waals surface area contributed by atoms with Gasteiger partial charge >= 0.3 is 0 Å². The van der Waals surface area contributed by atoms with Crippen molar-refractivity contribution in [2.75, 3.05) is 6.54 Å². The number of rotatable bonds is 9. The van der Waals surface area contributed by atoms with E-state index in [0.717, 1.165) is 18.0 Å². The molecule has 1 saturated heterocycles. The first kappa shape index (κ1) is 15.9. The van der Waals surface area contributed by atoms with Gasteiger partial charge < -0.3 is 16.1 Å². The first-order valence-electron chi connectivity index (χ1n) is 7.45. The minimum Gasteiger partial charge on any atom is -0.771 e. The number of hydroxylamine groups is 1. The van der Waals surface area contributed by atoms with Gasteiger partial charge in [-0.15, -0.1) is 0 Å². The van der Waals surface area contributed by atoms with Crippen molar-refractivity contribution in [3.8, 4) is 0 Å². The van der Waals surface area contributed by atoms with Crippen molar-refractivity contribution in [3.05, 3.63) is 5.21 Å². The maximum absolute atomic E-state index is 11.5. The molecule has 1 heterocycles. The van der Waals surface area contributed by atoms with E-state index in [1.54, 1.807) is 0 Å². The summed E-state index contributed by atoms with van der Waals surface area (Å²) >= 11 is 0. The summed E-state index contributed by atoms with van der Waals surface area (Å²) in [5, 5.41) is 15.5. The summed E-state index contributed by atoms with van der Waals surface area (Å²) in [4.78, 5) is 0. The van der Waals surface area contributed by atoms with Gasteiger partial charge in [0.25, 0.3) is 0 Å². The maximum Gasteiger partial charge on any atom is 0.121 e. The van der Waals surface area contributed by atoms with Crippen LogP contribution in [-0.2, 0) is 0 Å². The van der Waals surface area contributed by atoms with Gasteiger partial charge in [-0.05, 0) is 6.42 Å². The molecule has 1 aliphatic heterocycles. The van der Waals surface area contributed by atoms with E-state index in [-0.39, 0.29) is 6.04 Å². The van der Waals surface area contributed by atoms with E-state index in [0.29, 0.717) is 6.54 Å². The first-order chi connectivity index (χ1) is 8.74. The van der Waals surface area contributed by atoms with E-state index in [2.05, 4.69) is 17.7 Å². The number of hydrogen-bond donors (Lipinski definition) is 3. The molecule has 18 heavy (non-hydrogen) atoms. The quantitative estimate of drug-likeness (QED) is 0.551. The van der Waals surface area contributed by atoms with Crippen LogP contribution in [0.2, 0.25) is 0 Å². The molecule has 0 radical (unpaired) electrons. The molecule has 5 heteroatoms. The minimum atomic E-state index is -0.391. The Bertz CT molecular complexity index is 203. The van der Waals surface area contributed by atoms with Gasteiger partial charge in [-0.1, -0.05) is 58.3 Å². The normalized spacial score (nSPS) is 25.5. The molecule has 0 aliphatic carbocycles. The van der Waals surface area contributed by atoms with E-state index >= 15 is 0 Å². The fraction of sp³-hybridized carbons (Fsp3) is 1.00. The van der Waals surface area contributed by atoms with Crippen LogP contribution < -0.4 is 16.5 Å². The summed E-state index contributed by atoms with van der Waals surface area (Å²) in [6.07, 6.45) is 11.0. The molecule has 2 atom stereocenters. The second-order valence-corrected chi connectivity index (χ2v) is 5.26. The maximum atomic E-state index is 11.5. The number of nitrogens with zero attached hydrogens (tertiary/aromatic N) is 1. The second kappa shape index (κ2) is 9.69. The Labute approximate surface area is 111 Å². The van der Waals surface area contributed by atoms with E-state index in [4.69, 9.17) is 5.73 Å². The van der Waals surface area contributed by atoms with Crippen molar-refractivity contribution in [2.45, 2.75) is 77.0 Å². The van der Waals surface area contributed by atoms with Crippen LogP contribution >= 0.6 is 0 Å². The summed E-state index contributed by atoms with van der Waals surface area (Å²) < 4.78 is 0. The van der Waals surface area contributed by atoms with Crippen LogP contribution in [0.15, 0.2) is 0 Å². The molecule has 2 unspecified atom stereocenters. The summed E-state index contributed by atoms with van der Waals surface area (Å²) in [5.74, 6) is 0. The molecule has 0 aromatic rings. The van der Waals surface area contributed by atoms with Crippen LogP contribution in [-0.4, -0.2) is 24.0 Å². The predicted molar refractivity (Wildman–Crippen MR) is 75.3 cm³/mol. The molecular formula is C13H29N4O-. The predicted octanol–water partition coefficient (Wildman–Crippen LogP) is 2.04. The van der Waals surface area contributed by atoms with Crippen LogP contribution in [0.4, 0.5) is 0 Å². The lowest BCUT2D eigenvalue weighted by Crippen LogP contribution is -2.65. The molecule has 0 amide bonds. The molecule has 0 saturated carbocycles. The Morgan fingerprint density at radius 3 is 2.33 bits per heavy atom. The zero-order valence-corrected chi connectivity index (χ0v) is 11.7. The van der Waals surface area contributed by atoms with Gasteiger partial charge in [0.1, 0.15) is 6.29 Å². The highest BCUT2D eigenvalue weighted by molar-refractivity contribution is 4.78. The fourth-order valence-corrected chi connectivity index (χ4v) is 2.37. The van der Waals surface area contributed by atoms with E-state index in [1.807, 2.05) is 0 Å². The Kier molecular flexibility index (Phi) is 8.54. The highest BCUT2D eigenvalue weighted by Crippen LogP contribution is 2.13. The summed E-state index contributed by atoms with van der Waals surface area (Å²) in [6.45, 7) is 2.93. The lowest BCUT2D eigenvalue weighted by molar-refractivity contribution is 0.0950. The Morgan fingerprint density at radius 1 is 1.11 bits per heavy atom. The van der Waals surface area contributed by atoms with Crippen LogP contribution in [0.25, 0.3) is 0 Å². The van der Waals surface area contributed by atoms with Gasteiger partial charge in [-0.2, -0.15) is 0 Å². The van der Waals surface area contributed by atoms with Crippen LogP contribution in [0.3, 0.4) is 0 Å². The van der Waals surface area contributed by atoms with Crippen molar-refractivity contribution in [1.82, 2.24) is 15.9 Å². The molecule has 0 aromatic carbocycles. The second-order valence-electron chi connectivity index (χ2n) is 5.26. The lowest BCUT2D eigenvalue weighted by atomic mass is 10.0. The third-order valence-corrected chi connectivity index (χ3v) is 3.56. The average molecular weight is 257 g/mol. The highest BCUT2D eigenvalue weighted by atomic mass is 16.5. The molecule has 1 rings (SSSR count). The smallest absolute Gasteiger partial charge is 0.121 e. The number of unbranched alkanes of at least 4 members (excludes halogenated alkanes) is 7. The number of nitrogens with two attached hydrogens (primary N) is 1. The molecule has 1 aliphatic rings.